The summed E-state index contributed by atoms with van der Waals surface area (Å²) >= 11 is 0. The smallest absolute Gasteiger partial charge is 0.240 e. The second-order valence-corrected chi connectivity index (χ2v) is 5.96. The molecule has 4 heteroatoms. The molecule has 3 N–H and O–H groups in total. The van der Waals surface area contributed by atoms with Gasteiger partial charge < -0.3 is 15.7 Å². The average molecular weight is 226 g/mol. The molecule has 2 rings (SSSR count). The number of hydrogen-bond donors (Lipinski definition) is 3. The number of aliphatic hydroxyl groups excluding tert-OH is 1. The van der Waals surface area contributed by atoms with Crippen LogP contribution in [0.3, 0.4) is 0 Å². The van der Waals surface area contributed by atoms with Gasteiger partial charge in [-0.2, -0.15) is 0 Å². The highest BCUT2D eigenvalue weighted by molar-refractivity contribution is 5.86. The molecule has 0 aromatic carbocycles. The second-order valence-electron chi connectivity index (χ2n) is 5.96. The van der Waals surface area contributed by atoms with Gasteiger partial charge in [-0.05, 0) is 32.7 Å². The summed E-state index contributed by atoms with van der Waals surface area (Å²) in [7, 11) is 0. The van der Waals surface area contributed by atoms with Crippen molar-refractivity contribution in [3.8, 4) is 0 Å². The van der Waals surface area contributed by atoms with E-state index in [1.54, 1.807) is 0 Å². The number of hydrogen-bond acceptors (Lipinski definition) is 3. The van der Waals surface area contributed by atoms with Crippen molar-refractivity contribution >= 4 is 5.91 Å². The lowest BCUT2D eigenvalue weighted by atomic mass is 9.64. The lowest BCUT2D eigenvalue weighted by Gasteiger charge is -2.50. The highest BCUT2D eigenvalue weighted by Crippen LogP contribution is 2.40. The molecule has 92 valence electrons. The molecule has 2 fully saturated rings. The number of carbonyl (C=O) groups excluding carboxylic acids is 1. The molecule has 3 unspecified atom stereocenters. The number of carbonyl (C=O) groups is 1. The van der Waals surface area contributed by atoms with E-state index in [1.165, 1.54) is 0 Å². The van der Waals surface area contributed by atoms with Gasteiger partial charge in [0.25, 0.3) is 0 Å². The monoisotopic (exact) mass is 226 g/mol. The van der Waals surface area contributed by atoms with Crippen LogP contribution >= 0.6 is 0 Å². The van der Waals surface area contributed by atoms with E-state index in [0.717, 1.165) is 19.4 Å². The lowest BCUT2D eigenvalue weighted by molar-refractivity contribution is -0.134. The van der Waals surface area contributed by atoms with Crippen molar-refractivity contribution in [3.63, 3.8) is 0 Å². The summed E-state index contributed by atoms with van der Waals surface area (Å²) < 4.78 is 0. The number of nitrogens with one attached hydrogen (secondary N) is 2. The number of amides is 1. The van der Waals surface area contributed by atoms with Crippen LogP contribution in [-0.2, 0) is 4.79 Å². The maximum atomic E-state index is 12.1. The molecule has 2 aliphatic rings. The van der Waals surface area contributed by atoms with Gasteiger partial charge >= 0.3 is 0 Å². The molecule has 1 saturated heterocycles. The second kappa shape index (κ2) is 3.70. The minimum atomic E-state index is -0.406. The summed E-state index contributed by atoms with van der Waals surface area (Å²) in [6.45, 7) is 6.87. The Bertz CT molecular complexity index is 295. The predicted octanol–water partition coefficient (Wildman–Crippen LogP) is 0.404. The maximum absolute atomic E-state index is 12.1. The molecule has 1 amide bonds. The molecule has 0 aromatic rings. The van der Waals surface area contributed by atoms with Crippen LogP contribution in [-0.4, -0.2) is 35.2 Å². The van der Waals surface area contributed by atoms with Gasteiger partial charge in [0, 0.05) is 11.5 Å². The zero-order chi connectivity index (χ0) is 12.0. The topological polar surface area (TPSA) is 61.4 Å². The van der Waals surface area contributed by atoms with Crippen LogP contribution in [0.4, 0.5) is 0 Å². The Kier molecular flexibility index (Phi) is 2.75. The van der Waals surface area contributed by atoms with Gasteiger partial charge in [-0.1, -0.05) is 13.8 Å². The average Bonchev–Trinajstić information content (AvgIpc) is 2.66. The third kappa shape index (κ3) is 1.74. The zero-order valence-corrected chi connectivity index (χ0v) is 10.3. The molecule has 1 aliphatic heterocycles. The fraction of sp³-hybridized carbons (Fsp3) is 0.917. The van der Waals surface area contributed by atoms with Crippen molar-refractivity contribution < 1.29 is 9.90 Å². The SMILES string of the molecule is CC1(C(=O)NC2CC(O)C2(C)C)CCCN1. The molecule has 4 nitrogen and oxygen atoms in total. The van der Waals surface area contributed by atoms with Crippen LogP contribution in [0.2, 0.25) is 0 Å². The van der Waals surface area contributed by atoms with Crippen LogP contribution in [0.25, 0.3) is 0 Å². The van der Waals surface area contributed by atoms with Gasteiger partial charge in [0.1, 0.15) is 0 Å². The van der Waals surface area contributed by atoms with Crippen molar-refractivity contribution in [3.05, 3.63) is 0 Å². The van der Waals surface area contributed by atoms with E-state index in [-0.39, 0.29) is 23.5 Å². The largest absolute Gasteiger partial charge is 0.392 e. The molecule has 0 aromatic heterocycles. The summed E-state index contributed by atoms with van der Waals surface area (Å²) in [6, 6.07) is 0.106. The third-order valence-corrected chi connectivity index (χ3v) is 4.39. The minimum absolute atomic E-state index is 0.0787. The molecular formula is C12H22N2O2. The predicted molar refractivity (Wildman–Crippen MR) is 62.0 cm³/mol. The van der Waals surface area contributed by atoms with Gasteiger partial charge in [0.15, 0.2) is 0 Å². The third-order valence-electron chi connectivity index (χ3n) is 4.39. The molecule has 1 aliphatic carbocycles. The molecule has 1 heterocycles. The molecule has 0 radical (unpaired) electrons. The molecule has 3 atom stereocenters. The number of rotatable bonds is 2. The molecule has 0 bridgehead atoms. The van der Waals surface area contributed by atoms with Crippen molar-refractivity contribution in [2.75, 3.05) is 6.54 Å². The molecule has 0 spiro atoms. The van der Waals surface area contributed by atoms with E-state index in [9.17, 15) is 9.90 Å². The van der Waals surface area contributed by atoms with Crippen LogP contribution < -0.4 is 10.6 Å². The molecule has 16 heavy (non-hydrogen) atoms. The van der Waals surface area contributed by atoms with Crippen LogP contribution in [0.15, 0.2) is 0 Å². The molecule has 1 saturated carbocycles. The first kappa shape index (κ1) is 11.9. The first-order valence-electron chi connectivity index (χ1n) is 6.10. The van der Waals surface area contributed by atoms with Crippen molar-refractivity contribution in [1.29, 1.82) is 0 Å². The maximum Gasteiger partial charge on any atom is 0.240 e. The Hall–Kier alpha value is -0.610. The Morgan fingerprint density at radius 2 is 2.12 bits per heavy atom. The fourth-order valence-electron chi connectivity index (χ4n) is 2.55. The van der Waals surface area contributed by atoms with E-state index in [4.69, 9.17) is 0 Å². The van der Waals surface area contributed by atoms with E-state index in [0.29, 0.717) is 6.42 Å². The van der Waals surface area contributed by atoms with Gasteiger partial charge in [-0.25, -0.2) is 0 Å². The van der Waals surface area contributed by atoms with Crippen LogP contribution in [0, 0.1) is 5.41 Å². The summed E-state index contributed by atoms with van der Waals surface area (Å²) in [5.74, 6) is 0.0787. The van der Waals surface area contributed by atoms with Crippen molar-refractivity contribution in [2.24, 2.45) is 5.41 Å². The van der Waals surface area contributed by atoms with E-state index in [1.807, 2.05) is 20.8 Å². The zero-order valence-electron chi connectivity index (χ0n) is 10.3. The van der Waals surface area contributed by atoms with Crippen molar-refractivity contribution in [2.45, 2.75) is 57.7 Å². The first-order valence-corrected chi connectivity index (χ1v) is 6.10. The van der Waals surface area contributed by atoms with Crippen LogP contribution in [0.1, 0.15) is 40.0 Å². The minimum Gasteiger partial charge on any atom is -0.392 e. The summed E-state index contributed by atoms with van der Waals surface area (Å²) in [4.78, 5) is 12.1. The van der Waals surface area contributed by atoms with Gasteiger partial charge in [-0.15, -0.1) is 0 Å². The van der Waals surface area contributed by atoms with Gasteiger partial charge in [-0.3, -0.25) is 4.79 Å². The first-order chi connectivity index (χ1) is 7.36. The highest BCUT2D eigenvalue weighted by atomic mass is 16.3. The Morgan fingerprint density at radius 1 is 1.44 bits per heavy atom. The van der Waals surface area contributed by atoms with E-state index >= 15 is 0 Å². The van der Waals surface area contributed by atoms with E-state index in [2.05, 4.69) is 10.6 Å². The quantitative estimate of drug-likeness (QED) is 0.639. The Morgan fingerprint density at radius 3 is 2.56 bits per heavy atom. The van der Waals surface area contributed by atoms with Crippen molar-refractivity contribution in [1.82, 2.24) is 10.6 Å². The lowest BCUT2D eigenvalue weighted by Crippen LogP contribution is -2.64. The number of aliphatic hydroxyl groups is 1. The summed E-state index contributed by atoms with van der Waals surface area (Å²) in [5.41, 5.74) is -0.596. The normalized spacial score (nSPS) is 41.5. The summed E-state index contributed by atoms with van der Waals surface area (Å²) in [6.07, 6.45) is 2.34. The van der Waals surface area contributed by atoms with Crippen LogP contribution in [0.5, 0.6) is 0 Å². The standard InChI is InChI=1S/C12H22N2O2/c1-11(2)8(7-9(11)15)14-10(16)12(3)5-4-6-13-12/h8-9,13,15H,4-7H2,1-3H3,(H,14,16). The Balaban J connectivity index is 1.94. The summed E-state index contributed by atoms with van der Waals surface area (Å²) in [5, 5.41) is 15.9. The fourth-order valence-corrected chi connectivity index (χ4v) is 2.55. The van der Waals surface area contributed by atoms with Gasteiger partial charge in [0.2, 0.25) is 5.91 Å². The highest BCUT2D eigenvalue weighted by Gasteiger charge is 2.49. The molecular weight excluding hydrogens is 204 g/mol. The van der Waals surface area contributed by atoms with Gasteiger partial charge in [0.05, 0.1) is 11.6 Å². The van der Waals surface area contributed by atoms with E-state index < -0.39 is 5.54 Å². The Labute approximate surface area is 96.8 Å².